The molecule has 0 radical (unpaired) electrons. The van der Waals surface area contributed by atoms with Crippen LogP contribution in [0, 0.1) is 0 Å². The summed E-state index contributed by atoms with van der Waals surface area (Å²) >= 11 is 0.956. The predicted octanol–water partition coefficient (Wildman–Crippen LogP) is 12.1. The molecular formula is C37H24F12O5S3. The smallest absolute Gasteiger partial charge is 0.460 e. The first-order chi connectivity index (χ1) is 26.4. The third kappa shape index (κ3) is 8.08. The van der Waals surface area contributed by atoms with E-state index in [1.807, 2.05) is 0 Å². The third-order valence-corrected chi connectivity index (χ3v) is 14.3. The molecule has 1 unspecified atom stereocenters. The third-order valence-electron chi connectivity index (χ3n) is 8.04. The summed E-state index contributed by atoms with van der Waals surface area (Å²) in [5, 5.41) is -7.42. The summed E-state index contributed by atoms with van der Waals surface area (Å²) in [5.74, 6) is -15.9. The van der Waals surface area contributed by atoms with Gasteiger partial charge >= 0.3 is 39.6 Å². The minimum absolute atomic E-state index is 0.0552. The van der Waals surface area contributed by atoms with Crippen molar-refractivity contribution in [1.29, 1.82) is 0 Å². The number of hydrogen-bond acceptors (Lipinski definition) is 6. The second-order valence-corrected chi connectivity index (χ2v) is 17.3. The Labute approximate surface area is 322 Å². The first kappa shape index (κ1) is 43.5. The summed E-state index contributed by atoms with van der Waals surface area (Å²) in [6.07, 6.45) is -12.9. The minimum Gasteiger partial charge on any atom is -0.497 e. The van der Waals surface area contributed by atoms with Crippen LogP contribution in [0.25, 0.3) is 0 Å². The first-order valence-corrected chi connectivity index (χ1v) is 19.5. The number of halogens is 12. The standard InChI is InChI=1S/C37H24F12O5S3/c1-53-25-14-18-28(19-15-25)56(31-13-6-5-12-30(31)33(38,39)40,54-57(51,52)37(48,49)35(43,44)34(41,42)36(45,46)47)29-20-16-26(17-21-29)55-27-11-7-10-24(22-27)32(50)23-8-3-2-4-9-23/h2-22H,1H3. The quantitative estimate of drug-likeness (QED) is 0.0867. The summed E-state index contributed by atoms with van der Waals surface area (Å²) in [4.78, 5) is 10.9. The monoisotopic (exact) mass is 872 g/mol. The van der Waals surface area contributed by atoms with Crippen LogP contribution in [0.4, 0.5) is 52.7 Å². The van der Waals surface area contributed by atoms with Crippen molar-refractivity contribution < 1.29 is 74.3 Å². The summed E-state index contributed by atoms with van der Waals surface area (Å²) in [6.45, 7) is 0. The van der Waals surface area contributed by atoms with E-state index in [0.717, 1.165) is 79.5 Å². The van der Waals surface area contributed by atoms with Crippen molar-refractivity contribution in [3.8, 4) is 5.75 Å². The molecule has 304 valence electrons. The molecule has 0 saturated heterocycles. The van der Waals surface area contributed by atoms with Crippen molar-refractivity contribution >= 4 is 38.0 Å². The largest absolute Gasteiger partial charge is 0.497 e. The number of methoxy groups -OCH3 is 1. The maximum atomic E-state index is 15.3. The van der Waals surface area contributed by atoms with Gasteiger partial charge in [-0.05, 0) is 83.1 Å². The van der Waals surface area contributed by atoms with Crippen molar-refractivity contribution in [3.05, 3.63) is 144 Å². The summed E-state index contributed by atoms with van der Waals surface area (Å²) in [6, 6.07) is 24.5. The summed E-state index contributed by atoms with van der Waals surface area (Å²) in [7, 11) is -11.7. The van der Waals surface area contributed by atoms with E-state index in [1.165, 1.54) is 18.2 Å². The van der Waals surface area contributed by atoms with E-state index in [2.05, 4.69) is 0 Å². The molecule has 20 heteroatoms. The Balaban J connectivity index is 1.73. The van der Waals surface area contributed by atoms with Crippen LogP contribution >= 0.6 is 22.1 Å². The number of carbonyl (C=O) groups excluding carboxylic acids is 1. The number of ketones is 1. The van der Waals surface area contributed by atoms with Gasteiger partial charge in [-0.25, -0.2) is 3.63 Å². The van der Waals surface area contributed by atoms with E-state index in [4.69, 9.17) is 8.37 Å². The molecule has 0 bridgehead atoms. The van der Waals surface area contributed by atoms with Crippen molar-refractivity contribution in [2.45, 2.75) is 53.9 Å². The van der Waals surface area contributed by atoms with Crippen molar-refractivity contribution in [1.82, 2.24) is 0 Å². The van der Waals surface area contributed by atoms with Gasteiger partial charge in [-0.1, -0.05) is 66.4 Å². The van der Waals surface area contributed by atoms with Crippen LogP contribution in [0.2, 0.25) is 0 Å². The highest BCUT2D eigenvalue weighted by Gasteiger charge is 2.86. The topological polar surface area (TPSA) is 69.7 Å². The fraction of sp³-hybridized carbons (Fsp3) is 0.162. The number of hydrogen-bond donors (Lipinski definition) is 0. The zero-order valence-corrected chi connectivity index (χ0v) is 30.9. The highest BCUT2D eigenvalue weighted by atomic mass is 32.3. The van der Waals surface area contributed by atoms with Gasteiger partial charge in [0.05, 0.1) is 12.7 Å². The minimum atomic E-state index is -7.80. The molecule has 0 fully saturated rings. The number of alkyl halides is 12. The molecule has 57 heavy (non-hydrogen) atoms. The summed E-state index contributed by atoms with van der Waals surface area (Å²) < 4.78 is 207. The van der Waals surface area contributed by atoms with Crippen LogP contribution < -0.4 is 4.74 Å². The van der Waals surface area contributed by atoms with Gasteiger partial charge in [0.2, 0.25) is 0 Å². The molecule has 0 heterocycles. The Morgan fingerprint density at radius 1 is 0.579 bits per heavy atom. The van der Waals surface area contributed by atoms with Gasteiger partial charge in [-0.2, -0.15) is 61.1 Å². The normalized spacial score (nSPS) is 14.8. The molecule has 5 rings (SSSR count). The van der Waals surface area contributed by atoms with Gasteiger partial charge in [0.1, 0.15) is 5.75 Å². The maximum Gasteiger partial charge on any atom is 0.460 e. The van der Waals surface area contributed by atoms with Crippen LogP contribution in [-0.4, -0.2) is 44.6 Å². The van der Waals surface area contributed by atoms with Crippen molar-refractivity contribution in [2.75, 3.05) is 7.11 Å². The highest BCUT2D eigenvalue weighted by Crippen LogP contribution is 2.73. The van der Waals surface area contributed by atoms with Crippen molar-refractivity contribution in [2.24, 2.45) is 0 Å². The van der Waals surface area contributed by atoms with Gasteiger partial charge in [0, 0.05) is 35.6 Å². The lowest BCUT2D eigenvalue weighted by molar-refractivity contribution is -0.382. The number of carbonyl (C=O) groups is 1. The van der Waals surface area contributed by atoms with Gasteiger partial charge < -0.3 is 4.74 Å². The molecule has 5 nitrogen and oxygen atoms in total. The summed E-state index contributed by atoms with van der Waals surface area (Å²) in [5.41, 5.74) is -1.15. The molecule has 0 aliphatic rings. The van der Waals surface area contributed by atoms with Crippen LogP contribution in [-0.2, 0) is 19.9 Å². The van der Waals surface area contributed by atoms with Crippen LogP contribution in [0.15, 0.2) is 152 Å². The average molecular weight is 873 g/mol. The van der Waals surface area contributed by atoms with E-state index in [-0.39, 0.29) is 22.0 Å². The Morgan fingerprint density at radius 3 is 1.65 bits per heavy atom. The number of benzene rings is 5. The lowest BCUT2D eigenvalue weighted by Crippen LogP contribution is -2.63. The number of ether oxygens (including phenoxy) is 1. The second kappa shape index (κ2) is 15.6. The fourth-order valence-electron chi connectivity index (χ4n) is 5.21. The second-order valence-electron chi connectivity index (χ2n) is 11.7. The lowest BCUT2D eigenvalue weighted by Gasteiger charge is -2.42. The average Bonchev–Trinajstić information content (AvgIpc) is 3.16. The van der Waals surface area contributed by atoms with Gasteiger partial charge in [-0.3, -0.25) is 4.79 Å². The van der Waals surface area contributed by atoms with Crippen molar-refractivity contribution in [3.63, 3.8) is 0 Å². The van der Waals surface area contributed by atoms with E-state index < -0.39 is 70.1 Å². The SMILES string of the molecule is COc1ccc(S(OS(=O)(=O)C(F)(F)C(F)(F)C(F)(F)C(F)(F)F)(c2ccc(Sc3cccc(C(=O)c4ccccc4)c3)cc2)c2ccccc2C(F)(F)F)cc1. The van der Waals surface area contributed by atoms with Crippen LogP contribution in [0.3, 0.4) is 0 Å². The molecule has 5 aromatic rings. The molecule has 1 atom stereocenters. The molecule has 0 spiro atoms. The van der Waals surface area contributed by atoms with Gasteiger partial charge in [0.25, 0.3) is 0 Å². The van der Waals surface area contributed by atoms with Gasteiger partial charge in [-0.15, -0.1) is 0 Å². The van der Waals surface area contributed by atoms with Gasteiger partial charge in [0.15, 0.2) is 5.78 Å². The Kier molecular flexibility index (Phi) is 11.9. The zero-order valence-electron chi connectivity index (χ0n) is 28.4. The molecule has 0 aliphatic carbocycles. The number of rotatable bonds is 13. The molecule has 0 aliphatic heterocycles. The van der Waals surface area contributed by atoms with E-state index in [9.17, 15) is 57.1 Å². The Morgan fingerprint density at radius 2 is 1.11 bits per heavy atom. The molecule has 0 amide bonds. The maximum absolute atomic E-state index is 15.3. The first-order valence-electron chi connectivity index (χ1n) is 15.7. The van der Waals surface area contributed by atoms with E-state index in [1.54, 1.807) is 36.4 Å². The lowest BCUT2D eigenvalue weighted by atomic mass is 10.0. The van der Waals surface area contributed by atoms with Crippen LogP contribution in [0.5, 0.6) is 5.75 Å². The highest BCUT2D eigenvalue weighted by molar-refractivity contribution is 8.33. The molecule has 0 N–H and O–H groups in total. The fourth-order valence-corrected chi connectivity index (χ4v) is 11.5. The molecular weight excluding hydrogens is 849 g/mol. The molecule has 0 saturated carbocycles. The Bertz CT molecular complexity index is 2340. The molecule has 0 aromatic heterocycles. The van der Waals surface area contributed by atoms with E-state index in [0.29, 0.717) is 22.6 Å². The zero-order chi connectivity index (χ0) is 42.2. The van der Waals surface area contributed by atoms with Crippen LogP contribution in [0.1, 0.15) is 21.5 Å². The Hall–Kier alpha value is -4.66. The predicted molar refractivity (Wildman–Crippen MR) is 185 cm³/mol. The molecule has 5 aromatic carbocycles. The van der Waals surface area contributed by atoms with E-state index >= 15 is 8.78 Å².